The quantitative estimate of drug-likeness (QED) is 0.569. The van der Waals surface area contributed by atoms with Gasteiger partial charge >= 0.3 is 0 Å². The van der Waals surface area contributed by atoms with E-state index in [-0.39, 0.29) is 22.3 Å². The van der Waals surface area contributed by atoms with Crippen LogP contribution in [0.4, 0.5) is 5.82 Å². The van der Waals surface area contributed by atoms with Gasteiger partial charge in [-0.3, -0.25) is 4.79 Å². The molecule has 2 saturated heterocycles. The minimum atomic E-state index is -3.64. The predicted octanol–water partition coefficient (Wildman–Crippen LogP) is 1.08. The Hall–Kier alpha value is -2.99. The maximum atomic E-state index is 13.0. The van der Waals surface area contributed by atoms with Gasteiger partial charge in [0.2, 0.25) is 10.0 Å². The molecule has 0 atom stereocenters. The number of hydrogen-bond acceptors (Lipinski definition) is 8. The summed E-state index contributed by atoms with van der Waals surface area (Å²) in [7, 11) is -3.64. The number of aromatic nitrogens is 4. The normalized spacial score (nSPS) is 18.1. The van der Waals surface area contributed by atoms with Crippen LogP contribution in [-0.4, -0.2) is 82.4 Å². The summed E-state index contributed by atoms with van der Waals surface area (Å²) >= 11 is 0. The highest BCUT2D eigenvalue weighted by atomic mass is 32.2. The average Bonchev–Trinajstić information content (AvgIpc) is 3.53. The van der Waals surface area contributed by atoms with Crippen LogP contribution in [0.2, 0.25) is 0 Å². The molecule has 5 heterocycles. The van der Waals surface area contributed by atoms with Gasteiger partial charge in [0.25, 0.3) is 11.7 Å². The fraction of sp³-hybridized carbons (Fsp3) is 0.500. The van der Waals surface area contributed by atoms with Crippen molar-refractivity contribution in [1.29, 1.82) is 0 Å². The van der Waals surface area contributed by atoms with Gasteiger partial charge in [-0.25, -0.2) is 13.4 Å². The van der Waals surface area contributed by atoms with E-state index in [1.807, 2.05) is 13.0 Å². The van der Waals surface area contributed by atoms with E-state index in [1.165, 1.54) is 16.7 Å². The molecule has 2 aliphatic rings. The summed E-state index contributed by atoms with van der Waals surface area (Å²) < 4.78 is 34.5. The topological polar surface area (TPSA) is 117 Å². The van der Waals surface area contributed by atoms with Crippen LogP contribution in [0.3, 0.4) is 0 Å². The molecular formula is C20H25N7O4S. The SMILES string of the molecule is Cc1cc(N2CCN(C(=O)c3cc(S(=O)(=O)N4CCCC4)c(C)o3)CC2)n2ncnc2n1. The number of nitrogens with zero attached hydrogens (tertiary/aromatic N) is 7. The van der Waals surface area contributed by atoms with Gasteiger partial charge in [0.1, 0.15) is 22.8 Å². The summed E-state index contributed by atoms with van der Waals surface area (Å²) in [5, 5.41) is 4.25. The molecule has 0 radical (unpaired) electrons. The molecule has 0 aliphatic carbocycles. The smallest absolute Gasteiger partial charge is 0.289 e. The minimum Gasteiger partial charge on any atom is -0.455 e. The number of fused-ring (bicyclic) bond motifs is 1. The molecule has 3 aromatic heterocycles. The van der Waals surface area contributed by atoms with Gasteiger partial charge in [0, 0.05) is 57.1 Å². The minimum absolute atomic E-state index is 0.0622. The number of amides is 1. The molecule has 3 aromatic rings. The van der Waals surface area contributed by atoms with Crippen molar-refractivity contribution in [2.24, 2.45) is 0 Å². The molecule has 0 saturated carbocycles. The Morgan fingerprint density at radius 3 is 2.47 bits per heavy atom. The zero-order valence-electron chi connectivity index (χ0n) is 18.1. The second-order valence-corrected chi connectivity index (χ2v) is 10.1. The van der Waals surface area contributed by atoms with Crippen LogP contribution in [0, 0.1) is 13.8 Å². The summed E-state index contributed by atoms with van der Waals surface area (Å²) in [6.45, 7) is 6.66. The van der Waals surface area contributed by atoms with Crippen LogP contribution in [-0.2, 0) is 10.0 Å². The summed E-state index contributed by atoms with van der Waals surface area (Å²) in [6.07, 6.45) is 3.17. The van der Waals surface area contributed by atoms with Gasteiger partial charge in [0.15, 0.2) is 5.76 Å². The van der Waals surface area contributed by atoms with Crippen LogP contribution >= 0.6 is 0 Å². The Balaban J connectivity index is 1.31. The average molecular weight is 460 g/mol. The maximum absolute atomic E-state index is 13.0. The first-order valence-corrected chi connectivity index (χ1v) is 12.1. The highest BCUT2D eigenvalue weighted by Gasteiger charge is 2.33. The fourth-order valence-corrected chi connectivity index (χ4v) is 6.00. The Morgan fingerprint density at radius 2 is 1.75 bits per heavy atom. The number of anilines is 1. The fourth-order valence-electron chi connectivity index (χ4n) is 4.33. The molecule has 0 N–H and O–H groups in total. The largest absolute Gasteiger partial charge is 0.455 e. The number of carbonyl (C=O) groups is 1. The Bertz CT molecular complexity index is 1270. The van der Waals surface area contributed by atoms with Crippen LogP contribution in [0.15, 0.2) is 27.8 Å². The van der Waals surface area contributed by atoms with E-state index in [0.717, 1.165) is 24.4 Å². The number of hydrogen-bond donors (Lipinski definition) is 0. The van der Waals surface area contributed by atoms with E-state index in [1.54, 1.807) is 16.3 Å². The van der Waals surface area contributed by atoms with Gasteiger partial charge in [-0.15, -0.1) is 0 Å². The highest BCUT2D eigenvalue weighted by Crippen LogP contribution is 2.27. The predicted molar refractivity (Wildman–Crippen MR) is 115 cm³/mol. The molecule has 2 fully saturated rings. The molecule has 11 nitrogen and oxygen atoms in total. The Labute approximate surface area is 185 Å². The van der Waals surface area contributed by atoms with E-state index >= 15 is 0 Å². The number of carbonyl (C=O) groups excluding carboxylic acids is 1. The molecule has 5 rings (SSSR count). The summed E-state index contributed by atoms with van der Waals surface area (Å²) in [5.74, 6) is 1.43. The van der Waals surface area contributed by atoms with Crippen molar-refractivity contribution in [3.63, 3.8) is 0 Å². The maximum Gasteiger partial charge on any atom is 0.289 e. The van der Waals surface area contributed by atoms with Crippen molar-refractivity contribution in [3.8, 4) is 0 Å². The molecule has 1 amide bonds. The molecule has 170 valence electrons. The van der Waals surface area contributed by atoms with Gasteiger partial charge in [0.05, 0.1) is 0 Å². The first-order chi connectivity index (χ1) is 15.3. The monoisotopic (exact) mass is 459 g/mol. The van der Waals surface area contributed by atoms with E-state index in [4.69, 9.17) is 4.42 Å². The second-order valence-electron chi connectivity index (χ2n) is 8.15. The van der Waals surface area contributed by atoms with Crippen molar-refractivity contribution in [1.82, 2.24) is 28.8 Å². The zero-order valence-corrected chi connectivity index (χ0v) is 18.9. The van der Waals surface area contributed by atoms with E-state index in [9.17, 15) is 13.2 Å². The summed E-state index contributed by atoms with van der Waals surface area (Å²) in [5.41, 5.74) is 0.844. The van der Waals surface area contributed by atoms with E-state index in [2.05, 4.69) is 20.0 Å². The lowest BCUT2D eigenvalue weighted by molar-refractivity contribution is 0.0713. The van der Waals surface area contributed by atoms with Gasteiger partial charge < -0.3 is 14.2 Å². The number of aryl methyl sites for hydroxylation is 2. The van der Waals surface area contributed by atoms with Crippen LogP contribution in [0.5, 0.6) is 0 Å². The molecule has 12 heteroatoms. The molecule has 0 aromatic carbocycles. The number of sulfonamides is 1. The van der Waals surface area contributed by atoms with Crippen LogP contribution in [0.1, 0.15) is 34.9 Å². The van der Waals surface area contributed by atoms with Crippen molar-refractivity contribution in [3.05, 3.63) is 35.7 Å². The first-order valence-electron chi connectivity index (χ1n) is 10.7. The van der Waals surface area contributed by atoms with Crippen molar-refractivity contribution < 1.29 is 17.6 Å². The van der Waals surface area contributed by atoms with Gasteiger partial charge in [-0.1, -0.05) is 0 Å². The molecule has 32 heavy (non-hydrogen) atoms. The number of rotatable bonds is 4. The Morgan fingerprint density at radius 1 is 1.03 bits per heavy atom. The lowest BCUT2D eigenvalue weighted by Crippen LogP contribution is -2.49. The molecule has 0 unspecified atom stereocenters. The molecule has 0 bridgehead atoms. The van der Waals surface area contributed by atoms with Crippen molar-refractivity contribution in [2.45, 2.75) is 31.6 Å². The third-order valence-electron chi connectivity index (χ3n) is 6.02. The van der Waals surface area contributed by atoms with Crippen molar-refractivity contribution >= 4 is 27.5 Å². The summed E-state index contributed by atoms with van der Waals surface area (Å²) in [4.78, 5) is 25.5. The lowest BCUT2D eigenvalue weighted by atomic mass is 10.2. The zero-order chi connectivity index (χ0) is 22.5. The number of piperazine rings is 1. The third-order valence-corrected chi connectivity index (χ3v) is 8.02. The van der Waals surface area contributed by atoms with Crippen LogP contribution in [0.25, 0.3) is 5.78 Å². The standard InChI is InChI=1S/C20H25N7O4S/c1-14-11-18(27-20(23-14)21-13-22-27)24-7-9-25(10-8-24)19(28)16-12-17(15(2)31-16)32(29,30)26-5-3-4-6-26/h11-13H,3-10H2,1-2H3. The van der Waals surface area contributed by atoms with E-state index < -0.39 is 10.0 Å². The summed E-state index contributed by atoms with van der Waals surface area (Å²) in [6, 6.07) is 3.33. The lowest BCUT2D eigenvalue weighted by Gasteiger charge is -2.35. The Kier molecular flexibility index (Phi) is 5.13. The van der Waals surface area contributed by atoms with Crippen molar-refractivity contribution in [2.75, 3.05) is 44.2 Å². The van der Waals surface area contributed by atoms with Gasteiger partial charge in [-0.2, -0.15) is 18.9 Å². The van der Waals surface area contributed by atoms with E-state index in [0.29, 0.717) is 45.0 Å². The first kappa shape index (κ1) is 20.9. The van der Waals surface area contributed by atoms with Crippen LogP contribution < -0.4 is 4.90 Å². The third kappa shape index (κ3) is 3.52. The molecule has 2 aliphatic heterocycles. The molecule has 0 spiro atoms. The number of furan rings is 1. The highest BCUT2D eigenvalue weighted by molar-refractivity contribution is 7.89. The molecular weight excluding hydrogens is 434 g/mol. The second kappa shape index (κ2) is 7.85. The van der Waals surface area contributed by atoms with Gasteiger partial charge in [-0.05, 0) is 26.7 Å².